The highest BCUT2D eigenvalue weighted by Crippen LogP contribution is 2.63. The Morgan fingerprint density at radius 1 is 1.25 bits per heavy atom. The minimum Gasteiger partial charge on any atom is -0.497 e. The largest absolute Gasteiger partial charge is 0.497 e. The summed E-state index contributed by atoms with van der Waals surface area (Å²) in [6.07, 6.45) is 6.71. The number of esters is 1. The molecule has 188 valence electrons. The fraction of sp³-hybridized carbons (Fsp3) is 0.448. The van der Waals surface area contributed by atoms with Gasteiger partial charge in [0.2, 0.25) is 0 Å². The van der Waals surface area contributed by atoms with Crippen molar-refractivity contribution in [3.05, 3.63) is 69.5 Å². The second kappa shape index (κ2) is 8.80. The van der Waals surface area contributed by atoms with Crippen LogP contribution in [0.5, 0.6) is 5.75 Å². The van der Waals surface area contributed by atoms with Crippen molar-refractivity contribution < 1.29 is 23.5 Å². The number of carbonyl (C=O) groups excluding carboxylic acids is 2. The molecule has 0 spiro atoms. The zero-order valence-electron chi connectivity index (χ0n) is 20.9. The van der Waals surface area contributed by atoms with Gasteiger partial charge in [-0.1, -0.05) is 13.0 Å². The van der Waals surface area contributed by atoms with E-state index in [0.29, 0.717) is 34.9 Å². The van der Waals surface area contributed by atoms with Crippen LogP contribution < -0.4 is 10.1 Å². The molecule has 3 aromatic rings. The summed E-state index contributed by atoms with van der Waals surface area (Å²) in [5.41, 5.74) is 4.42. The second-order valence-electron chi connectivity index (χ2n) is 10.4. The molecule has 1 aromatic carbocycles. The van der Waals surface area contributed by atoms with Gasteiger partial charge in [0.25, 0.3) is 5.91 Å². The average molecular weight is 506 g/mol. The summed E-state index contributed by atoms with van der Waals surface area (Å²) in [5, 5.41) is 3.52. The molecule has 0 aliphatic heterocycles. The maximum atomic E-state index is 13.3. The molecular formula is C29H31NO5S. The number of aryl methyl sites for hydroxylation is 1. The summed E-state index contributed by atoms with van der Waals surface area (Å²) in [7, 11) is 1.72. The number of carbonyl (C=O) groups is 2. The normalized spacial score (nSPS) is 25.8. The van der Waals surface area contributed by atoms with Gasteiger partial charge >= 0.3 is 5.97 Å². The molecule has 6 rings (SSSR count). The van der Waals surface area contributed by atoms with Gasteiger partial charge in [0, 0.05) is 4.88 Å². The Morgan fingerprint density at radius 2 is 2.11 bits per heavy atom. The van der Waals surface area contributed by atoms with Gasteiger partial charge in [0.15, 0.2) is 5.76 Å². The first-order chi connectivity index (χ1) is 17.4. The number of anilines is 1. The van der Waals surface area contributed by atoms with E-state index in [1.165, 1.54) is 33.6 Å². The van der Waals surface area contributed by atoms with Crippen LogP contribution in [0.2, 0.25) is 0 Å². The van der Waals surface area contributed by atoms with Crippen molar-refractivity contribution in [2.75, 3.05) is 19.0 Å². The van der Waals surface area contributed by atoms with Gasteiger partial charge in [-0.25, -0.2) is 4.79 Å². The first kappa shape index (κ1) is 23.3. The van der Waals surface area contributed by atoms with E-state index in [4.69, 9.17) is 13.9 Å². The minimum atomic E-state index is -0.352. The maximum absolute atomic E-state index is 13.3. The lowest BCUT2D eigenvalue weighted by molar-refractivity contribution is 0.0519. The topological polar surface area (TPSA) is 77.8 Å². The Morgan fingerprint density at radius 3 is 2.86 bits per heavy atom. The Labute approximate surface area is 215 Å². The SMILES string of the molecule is CCOC(=O)c1c(NC(=O)c2ccco2)sc2c1[C@]1(C)CC[C@H]3c4ccc(OC)cc4CC[C@@H]3[C@@H]1C2. The lowest BCUT2D eigenvalue weighted by Gasteiger charge is -2.49. The summed E-state index contributed by atoms with van der Waals surface area (Å²) < 4.78 is 16.2. The Hall–Kier alpha value is -3.06. The van der Waals surface area contributed by atoms with E-state index in [1.807, 2.05) is 6.92 Å². The van der Waals surface area contributed by atoms with Gasteiger partial charge in [-0.15, -0.1) is 11.3 Å². The minimum absolute atomic E-state index is 0.118. The summed E-state index contributed by atoms with van der Waals surface area (Å²) in [6, 6.07) is 9.86. The van der Waals surface area contributed by atoms with Gasteiger partial charge in [-0.05, 0) is 103 Å². The van der Waals surface area contributed by atoms with E-state index in [9.17, 15) is 9.59 Å². The number of hydrogen-bond acceptors (Lipinski definition) is 6. The third kappa shape index (κ3) is 3.51. The van der Waals surface area contributed by atoms with Crippen molar-refractivity contribution >= 4 is 28.2 Å². The molecule has 0 bridgehead atoms. The third-order valence-corrected chi connectivity index (χ3v) is 9.86. The predicted molar refractivity (Wildman–Crippen MR) is 138 cm³/mol. The van der Waals surface area contributed by atoms with Gasteiger partial charge in [0.1, 0.15) is 10.8 Å². The number of furan rings is 1. The van der Waals surface area contributed by atoms with Crippen molar-refractivity contribution in [3.8, 4) is 5.75 Å². The van der Waals surface area contributed by atoms with E-state index in [0.717, 1.165) is 43.4 Å². The van der Waals surface area contributed by atoms with Crippen molar-refractivity contribution in [2.24, 2.45) is 11.8 Å². The molecule has 1 amide bonds. The molecule has 0 unspecified atom stereocenters. The van der Waals surface area contributed by atoms with Crippen LogP contribution in [0.4, 0.5) is 5.00 Å². The third-order valence-electron chi connectivity index (χ3n) is 8.73. The number of hydrogen-bond donors (Lipinski definition) is 1. The van der Waals surface area contributed by atoms with Crippen LogP contribution in [0.15, 0.2) is 41.0 Å². The number of ether oxygens (including phenoxy) is 2. The van der Waals surface area contributed by atoms with Crippen molar-refractivity contribution in [1.82, 2.24) is 0 Å². The monoisotopic (exact) mass is 505 g/mol. The van der Waals surface area contributed by atoms with Crippen LogP contribution in [0.3, 0.4) is 0 Å². The van der Waals surface area contributed by atoms with Crippen molar-refractivity contribution in [1.29, 1.82) is 0 Å². The molecule has 0 saturated heterocycles. The van der Waals surface area contributed by atoms with Crippen LogP contribution in [-0.2, 0) is 23.0 Å². The predicted octanol–water partition coefficient (Wildman–Crippen LogP) is 6.35. The van der Waals surface area contributed by atoms with E-state index in [-0.39, 0.29) is 23.1 Å². The van der Waals surface area contributed by atoms with Crippen molar-refractivity contribution in [3.63, 3.8) is 0 Å². The second-order valence-corrected chi connectivity index (χ2v) is 11.5. The van der Waals surface area contributed by atoms with Crippen LogP contribution >= 0.6 is 11.3 Å². The summed E-state index contributed by atoms with van der Waals surface area (Å²) in [6.45, 7) is 4.44. The first-order valence-electron chi connectivity index (χ1n) is 12.8. The number of methoxy groups -OCH3 is 1. The summed E-state index contributed by atoms with van der Waals surface area (Å²) >= 11 is 1.53. The Balaban J connectivity index is 1.36. The molecule has 1 fully saturated rings. The molecular weight excluding hydrogens is 474 g/mol. The first-order valence-corrected chi connectivity index (χ1v) is 13.6. The molecule has 36 heavy (non-hydrogen) atoms. The number of amides is 1. The van der Waals surface area contributed by atoms with Crippen LogP contribution in [0.1, 0.15) is 81.5 Å². The molecule has 3 aliphatic carbocycles. The lowest BCUT2D eigenvalue weighted by Crippen LogP contribution is -2.43. The smallest absolute Gasteiger partial charge is 0.341 e. The van der Waals surface area contributed by atoms with E-state index in [2.05, 4.69) is 30.4 Å². The van der Waals surface area contributed by atoms with E-state index >= 15 is 0 Å². The Kier molecular flexibility index (Phi) is 5.71. The highest BCUT2D eigenvalue weighted by molar-refractivity contribution is 7.17. The highest BCUT2D eigenvalue weighted by Gasteiger charge is 2.55. The highest BCUT2D eigenvalue weighted by atomic mass is 32.1. The fourth-order valence-corrected chi connectivity index (χ4v) is 8.55. The number of fused-ring (bicyclic) bond motifs is 7. The summed E-state index contributed by atoms with van der Waals surface area (Å²) in [5.74, 6) is 2.02. The van der Waals surface area contributed by atoms with Crippen LogP contribution in [0, 0.1) is 11.8 Å². The van der Waals surface area contributed by atoms with Gasteiger partial charge in [0.05, 0.1) is 25.5 Å². The fourth-order valence-electron chi connectivity index (χ4n) is 7.18. The quantitative estimate of drug-likeness (QED) is 0.409. The molecule has 4 atom stereocenters. The van der Waals surface area contributed by atoms with Crippen molar-refractivity contribution in [2.45, 2.75) is 57.3 Å². The van der Waals surface area contributed by atoms with Crippen LogP contribution in [-0.4, -0.2) is 25.6 Å². The lowest BCUT2D eigenvalue weighted by atomic mass is 9.54. The standard InChI is InChI=1S/C29H31NO5S/c1-4-34-28(32)24-25-23(36-27(24)30-26(31)22-6-5-13-35-22)15-21-20-9-7-16-14-17(33-3)8-10-18(16)19(20)11-12-29(21,25)2/h5-6,8,10,13-14,19-21H,4,7,9,11-12,15H2,1-3H3,(H,30,31)/t19-,20-,21-,29+/m0/s1. The molecule has 0 radical (unpaired) electrons. The van der Waals surface area contributed by atoms with E-state index < -0.39 is 0 Å². The average Bonchev–Trinajstić information content (AvgIpc) is 3.59. The number of rotatable bonds is 5. The number of benzene rings is 1. The number of nitrogens with one attached hydrogen (secondary N) is 1. The molecule has 7 heteroatoms. The van der Waals surface area contributed by atoms with Crippen LogP contribution in [0.25, 0.3) is 0 Å². The molecule has 2 heterocycles. The molecule has 1 N–H and O–H groups in total. The molecule has 1 saturated carbocycles. The molecule has 2 aromatic heterocycles. The zero-order chi connectivity index (χ0) is 25.0. The number of thiophene rings is 1. The van der Waals surface area contributed by atoms with Gasteiger partial charge in [-0.2, -0.15) is 0 Å². The van der Waals surface area contributed by atoms with Gasteiger partial charge in [-0.3, -0.25) is 4.79 Å². The summed E-state index contributed by atoms with van der Waals surface area (Å²) in [4.78, 5) is 27.3. The Bertz CT molecular complexity index is 1330. The van der Waals surface area contributed by atoms with E-state index in [1.54, 1.807) is 19.2 Å². The molecule has 3 aliphatic rings. The maximum Gasteiger partial charge on any atom is 0.341 e. The van der Waals surface area contributed by atoms with Gasteiger partial charge < -0.3 is 19.2 Å². The zero-order valence-corrected chi connectivity index (χ0v) is 21.7. The molecule has 6 nitrogen and oxygen atoms in total.